The monoisotopic (exact) mass is 358 g/mol. The molecule has 3 heterocycles. The minimum atomic E-state index is -0.462. The van der Waals surface area contributed by atoms with Gasteiger partial charge in [-0.05, 0) is 24.3 Å². The minimum absolute atomic E-state index is 0.0370. The Morgan fingerprint density at radius 2 is 2.12 bits per heavy atom. The van der Waals surface area contributed by atoms with Crippen molar-refractivity contribution < 1.29 is 9.72 Å². The number of thiazole rings is 1. The van der Waals surface area contributed by atoms with Crippen LogP contribution in [0.4, 0.5) is 10.1 Å². The van der Waals surface area contributed by atoms with Crippen LogP contribution in [0.1, 0.15) is 4.88 Å². The Bertz CT molecular complexity index is 902. The maximum atomic E-state index is 11.9. The molecule has 120 valence electrons. The molecule has 7 nitrogen and oxygen atoms in total. The number of amides is 1. The van der Waals surface area contributed by atoms with Gasteiger partial charge in [-0.1, -0.05) is 17.4 Å². The Morgan fingerprint density at radius 3 is 2.83 bits per heavy atom. The predicted molar refractivity (Wildman–Crippen MR) is 94.0 cm³/mol. The van der Waals surface area contributed by atoms with Gasteiger partial charge in [-0.3, -0.25) is 25.2 Å². The Morgan fingerprint density at radius 1 is 1.25 bits per heavy atom. The summed E-state index contributed by atoms with van der Waals surface area (Å²) in [6, 6.07) is 8.52. The molecule has 0 spiro atoms. The molecule has 3 aromatic rings. The van der Waals surface area contributed by atoms with E-state index in [2.05, 4.69) is 15.3 Å². The molecule has 0 aliphatic carbocycles. The molecule has 0 unspecified atom stereocenters. The molecule has 0 bridgehead atoms. The van der Waals surface area contributed by atoms with Crippen LogP contribution in [-0.2, 0) is 4.79 Å². The van der Waals surface area contributed by atoms with Gasteiger partial charge in [-0.25, -0.2) is 4.98 Å². The van der Waals surface area contributed by atoms with E-state index in [1.165, 1.54) is 29.6 Å². The van der Waals surface area contributed by atoms with Gasteiger partial charge >= 0.3 is 5.00 Å². The van der Waals surface area contributed by atoms with Crippen molar-refractivity contribution in [2.24, 2.45) is 0 Å². The van der Waals surface area contributed by atoms with Crippen LogP contribution in [-0.4, -0.2) is 20.8 Å². The van der Waals surface area contributed by atoms with Gasteiger partial charge in [0.25, 0.3) is 0 Å². The maximum absolute atomic E-state index is 11.9. The molecule has 24 heavy (non-hydrogen) atoms. The molecule has 0 saturated carbocycles. The van der Waals surface area contributed by atoms with E-state index < -0.39 is 4.92 Å². The third-order valence-corrected chi connectivity index (χ3v) is 4.61. The van der Waals surface area contributed by atoms with Crippen molar-refractivity contribution in [3.05, 3.63) is 63.0 Å². The lowest BCUT2D eigenvalue weighted by atomic mass is 10.3. The van der Waals surface area contributed by atoms with Crippen LogP contribution >= 0.6 is 22.7 Å². The van der Waals surface area contributed by atoms with E-state index in [9.17, 15) is 14.9 Å². The highest BCUT2D eigenvalue weighted by Crippen LogP contribution is 2.25. The second-order valence-corrected chi connectivity index (χ2v) is 6.46. The van der Waals surface area contributed by atoms with Crippen LogP contribution < -0.4 is 5.32 Å². The van der Waals surface area contributed by atoms with Gasteiger partial charge in [-0.2, -0.15) is 0 Å². The van der Waals surface area contributed by atoms with Gasteiger partial charge in [0.05, 0.1) is 10.6 Å². The number of pyridine rings is 1. The smallest absolute Gasteiger partial charge is 0.298 e. The number of carbonyl (C=O) groups is 1. The Balaban J connectivity index is 1.63. The van der Waals surface area contributed by atoms with Gasteiger partial charge in [0, 0.05) is 28.6 Å². The lowest BCUT2D eigenvalue weighted by molar-refractivity contribution is -0.380. The SMILES string of the molecule is O=C(/C=C/c1ccc([N+](=O)[O-])s1)Nc1nc(-c2ccccn2)cs1. The molecule has 0 aromatic carbocycles. The average Bonchev–Trinajstić information content (AvgIpc) is 3.23. The zero-order chi connectivity index (χ0) is 16.9. The number of nitro groups is 1. The quantitative estimate of drug-likeness (QED) is 0.425. The molecule has 0 aliphatic heterocycles. The first-order valence-electron chi connectivity index (χ1n) is 6.72. The lowest BCUT2D eigenvalue weighted by Crippen LogP contribution is -2.07. The molecule has 0 aliphatic rings. The van der Waals surface area contributed by atoms with Crippen molar-refractivity contribution >= 4 is 44.8 Å². The van der Waals surface area contributed by atoms with Gasteiger partial charge in [0.1, 0.15) is 5.69 Å². The molecule has 0 fully saturated rings. The fourth-order valence-electron chi connectivity index (χ4n) is 1.80. The summed E-state index contributed by atoms with van der Waals surface area (Å²) in [6.07, 6.45) is 4.52. The van der Waals surface area contributed by atoms with Gasteiger partial charge in [0.15, 0.2) is 5.13 Å². The standard InChI is InChI=1S/C15H10N4O3S2/c20-13(6-4-10-5-7-14(24-10)19(21)22)18-15-17-12(9-23-15)11-3-1-2-8-16-11/h1-9H,(H,17,18,20)/b6-4+. The number of hydrogen-bond donors (Lipinski definition) is 1. The summed E-state index contributed by atoms with van der Waals surface area (Å²) in [5.41, 5.74) is 1.42. The topological polar surface area (TPSA) is 98.0 Å². The Kier molecular flexibility index (Phi) is 4.73. The van der Waals surface area contributed by atoms with E-state index in [-0.39, 0.29) is 10.9 Å². The summed E-state index contributed by atoms with van der Waals surface area (Å²) in [5, 5.41) is 15.6. The zero-order valence-electron chi connectivity index (χ0n) is 12.1. The highest BCUT2D eigenvalue weighted by molar-refractivity contribution is 7.16. The molecule has 0 saturated heterocycles. The second kappa shape index (κ2) is 7.11. The van der Waals surface area contributed by atoms with Crippen molar-refractivity contribution in [2.75, 3.05) is 5.32 Å². The number of aromatic nitrogens is 2. The third-order valence-electron chi connectivity index (χ3n) is 2.85. The van der Waals surface area contributed by atoms with Gasteiger partial charge < -0.3 is 0 Å². The van der Waals surface area contributed by atoms with Crippen LogP contribution in [0, 0.1) is 10.1 Å². The molecule has 1 N–H and O–H groups in total. The molecule has 0 radical (unpaired) electrons. The second-order valence-electron chi connectivity index (χ2n) is 4.51. The Hall–Kier alpha value is -2.91. The summed E-state index contributed by atoms with van der Waals surface area (Å²) < 4.78 is 0. The highest BCUT2D eigenvalue weighted by Gasteiger charge is 2.09. The summed E-state index contributed by atoms with van der Waals surface area (Å²) in [7, 11) is 0. The summed E-state index contributed by atoms with van der Waals surface area (Å²) in [4.78, 5) is 31.2. The predicted octanol–water partition coefficient (Wildman–Crippen LogP) is 3.83. The maximum Gasteiger partial charge on any atom is 0.324 e. The zero-order valence-corrected chi connectivity index (χ0v) is 13.7. The molecular formula is C15H10N4O3S2. The average molecular weight is 358 g/mol. The van der Waals surface area contributed by atoms with E-state index >= 15 is 0 Å². The number of nitrogens with zero attached hydrogens (tertiary/aromatic N) is 3. The lowest BCUT2D eigenvalue weighted by Gasteiger charge is -1.96. The third kappa shape index (κ3) is 3.89. The van der Waals surface area contributed by atoms with Crippen LogP contribution in [0.3, 0.4) is 0 Å². The number of anilines is 1. The van der Waals surface area contributed by atoms with Crippen LogP contribution in [0.15, 0.2) is 48.0 Å². The van der Waals surface area contributed by atoms with E-state index in [4.69, 9.17) is 0 Å². The van der Waals surface area contributed by atoms with Gasteiger partial charge in [-0.15, -0.1) is 11.3 Å². The van der Waals surface area contributed by atoms with Crippen molar-refractivity contribution in [3.63, 3.8) is 0 Å². The van der Waals surface area contributed by atoms with E-state index in [1.54, 1.807) is 12.3 Å². The van der Waals surface area contributed by atoms with E-state index in [0.717, 1.165) is 17.0 Å². The van der Waals surface area contributed by atoms with Crippen molar-refractivity contribution in [1.82, 2.24) is 9.97 Å². The molecular weight excluding hydrogens is 348 g/mol. The van der Waals surface area contributed by atoms with Crippen LogP contribution in [0.5, 0.6) is 0 Å². The molecule has 9 heteroatoms. The fraction of sp³-hybridized carbons (Fsp3) is 0. The highest BCUT2D eigenvalue weighted by atomic mass is 32.1. The first kappa shape index (κ1) is 16.0. The first-order chi connectivity index (χ1) is 11.6. The normalized spacial score (nSPS) is 10.8. The Labute approximate surface area is 144 Å². The first-order valence-corrected chi connectivity index (χ1v) is 8.41. The van der Waals surface area contributed by atoms with Crippen molar-refractivity contribution in [3.8, 4) is 11.4 Å². The van der Waals surface area contributed by atoms with Gasteiger partial charge in [0.2, 0.25) is 5.91 Å². The molecule has 3 aromatic heterocycles. The minimum Gasteiger partial charge on any atom is -0.298 e. The molecule has 0 atom stereocenters. The van der Waals surface area contributed by atoms with Crippen molar-refractivity contribution in [2.45, 2.75) is 0 Å². The summed E-state index contributed by atoms with van der Waals surface area (Å²) >= 11 is 2.30. The van der Waals surface area contributed by atoms with E-state index in [0.29, 0.717) is 15.7 Å². The summed E-state index contributed by atoms with van der Waals surface area (Å²) in [5.74, 6) is -0.354. The molecule has 3 rings (SSSR count). The number of thiophene rings is 1. The largest absolute Gasteiger partial charge is 0.324 e. The van der Waals surface area contributed by atoms with Crippen LogP contribution in [0.25, 0.3) is 17.5 Å². The fourth-order valence-corrected chi connectivity index (χ4v) is 3.23. The van der Waals surface area contributed by atoms with E-state index in [1.807, 2.05) is 23.6 Å². The summed E-state index contributed by atoms with van der Waals surface area (Å²) in [6.45, 7) is 0. The number of rotatable bonds is 5. The number of carbonyl (C=O) groups excluding carboxylic acids is 1. The number of hydrogen-bond acceptors (Lipinski definition) is 7. The van der Waals surface area contributed by atoms with Crippen molar-refractivity contribution in [1.29, 1.82) is 0 Å². The number of nitrogens with one attached hydrogen (secondary N) is 1. The molecule has 1 amide bonds. The van der Waals surface area contributed by atoms with Crippen LogP contribution in [0.2, 0.25) is 0 Å².